The van der Waals surface area contributed by atoms with E-state index < -0.39 is 47.0 Å². The van der Waals surface area contributed by atoms with E-state index in [2.05, 4.69) is 5.32 Å². The first-order chi connectivity index (χ1) is 17.4. The van der Waals surface area contributed by atoms with Gasteiger partial charge in [-0.3, -0.25) is 19.7 Å². The Balaban J connectivity index is 1.61. The van der Waals surface area contributed by atoms with Gasteiger partial charge in [0.2, 0.25) is 11.8 Å². The number of fused-ring (bicyclic) bond motifs is 1. The molecule has 2 fully saturated rings. The Morgan fingerprint density at radius 3 is 2.28 bits per heavy atom. The van der Waals surface area contributed by atoms with Crippen molar-refractivity contribution in [1.29, 1.82) is 0 Å². The number of benzene rings is 3. The third-order valence-electron chi connectivity index (χ3n) is 7.00. The van der Waals surface area contributed by atoms with Crippen molar-refractivity contribution in [1.82, 2.24) is 5.32 Å². The average Bonchev–Trinajstić information content (AvgIpc) is 3.35. The van der Waals surface area contributed by atoms with Gasteiger partial charge in [-0.1, -0.05) is 42.5 Å². The zero-order valence-corrected chi connectivity index (χ0v) is 19.6. The molecule has 2 amide bonds. The average molecular weight is 489 g/mol. The van der Waals surface area contributed by atoms with Crippen LogP contribution in [0.2, 0.25) is 0 Å². The fourth-order valence-electron chi connectivity index (χ4n) is 5.42. The third-order valence-corrected chi connectivity index (χ3v) is 7.00. The highest BCUT2D eigenvalue weighted by atomic mass is 19.1. The molecule has 4 atom stereocenters. The van der Waals surface area contributed by atoms with Crippen molar-refractivity contribution >= 4 is 23.5 Å². The highest BCUT2D eigenvalue weighted by molar-refractivity contribution is 6.24. The van der Waals surface area contributed by atoms with Crippen LogP contribution in [0.1, 0.15) is 24.1 Å². The van der Waals surface area contributed by atoms with Gasteiger partial charge < -0.3 is 9.84 Å². The van der Waals surface area contributed by atoms with E-state index in [4.69, 9.17) is 4.74 Å². The van der Waals surface area contributed by atoms with Crippen LogP contribution in [0.3, 0.4) is 0 Å². The van der Waals surface area contributed by atoms with Crippen LogP contribution in [-0.4, -0.2) is 35.0 Å². The number of imide groups is 1. The number of carbonyl (C=O) groups excluding carboxylic acids is 2. The molecule has 2 N–H and O–H groups in total. The smallest absolute Gasteiger partial charge is 0.325 e. The van der Waals surface area contributed by atoms with Gasteiger partial charge in [0.05, 0.1) is 24.1 Å². The largest absolute Gasteiger partial charge is 0.494 e. The Bertz CT molecular complexity index is 1300. The molecule has 0 aromatic heterocycles. The van der Waals surface area contributed by atoms with E-state index >= 15 is 0 Å². The van der Waals surface area contributed by atoms with Crippen molar-refractivity contribution in [3.63, 3.8) is 0 Å². The number of hydrogen-bond donors (Lipinski definition) is 2. The van der Waals surface area contributed by atoms with E-state index in [9.17, 15) is 23.9 Å². The van der Waals surface area contributed by atoms with Gasteiger partial charge in [0.1, 0.15) is 17.1 Å². The summed E-state index contributed by atoms with van der Waals surface area (Å²) in [5.41, 5.74) is -0.139. The molecule has 8 heteroatoms. The molecule has 3 aromatic carbocycles. The van der Waals surface area contributed by atoms with Gasteiger partial charge in [-0.15, -0.1) is 0 Å². The first-order valence-electron chi connectivity index (χ1n) is 11.8. The van der Waals surface area contributed by atoms with Crippen LogP contribution < -0.4 is 15.0 Å². The Kier molecular flexibility index (Phi) is 6.05. The van der Waals surface area contributed by atoms with Gasteiger partial charge in [0, 0.05) is 12.5 Å². The number of rotatable bonds is 7. The van der Waals surface area contributed by atoms with Crippen LogP contribution in [0.5, 0.6) is 5.75 Å². The second-order valence-corrected chi connectivity index (χ2v) is 9.05. The van der Waals surface area contributed by atoms with E-state index in [-0.39, 0.29) is 6.42 Å². The first-order valence-corrected chi connectivity index (χ1v) is 11.8. The van der Waals surface area contributed by atoms with Crippen LogP contribution >= 0.6 is 0 Å². The van der Waals surface area contributed by atoms with Crippen LogP contribution in [0.25, 0.3) is 0 Å². The van der Waals surface area contributed by atoms with Crippen molar-refractivity contribution in [2.75, 3.05) is 11.5 Å². The number of aliphatic carboxylic acids is 1. The molecule has 3 aromatic rings. The monoisotopic (exact) mass is 488 g/mol. The van der Waals surface area contributed by atoms with Crippen LogP contribution in [0.4, 0.5) is 10.1 Å². The molecule has 0 radical (unpaired) electrons. The number of ether oxygens (including phenoxy) is 1. The Morgan fingerprint density at radius 2 is 1.67 bits per heavy atom. The van der Waals surface area contributed by atoms with Gasteiger partial charge in [0.15, 0.2) is 0 Å². The molecule has 184 valence electrons. The third kappa shape index (κ3) is 3.83. The lowest BCUT2D eigenvalue weighted by Crippen LogP contribution is -2.57. The molecule has 36 heavy (non-hydrogen) atoms. The summed E-state index contributed by atoms with van der Waals surface area (Å²) >= 11 is 0. The van der Waals surface area contributed by atoms with Crippen molar-refractivity contribution in [2.24, 2.45) is 11.8 Å². The number of nitrogens with one attached hydrogen (secondary N) is 1. The van der Waals surface area contributed by atoms with E-state index in [1.54, 1.807) is 48.5 Å². The Morgan fingerprint density at radius 1 is 1.00 bits per heavy atom. The van der Waals surface area contributed by atoms with Gasteiger partial charge in [0.25, 0.3) is 0 Å². The minimum atomic E-state index is -1.74. The number of carbonyl (C=O) groups is 3. The summed E-state index contributed by atoms with van der Waals surface area (Å²) in [7, 11) is 0. The predicted molar refractivity (Wildman–Crippen MR) is 130 cm³/mol. The fourth-order valence-corrected chi connectivity index (χ4v) is 5.42. The quantitative estimate of drug-likeness (QED) is 0.492. The lowest BCUT2D eigenvalue weighted by Gasteiger charge is -2.31. The Hall–Kier alpha value is -4.04. The maximum atomic E-state index is 13.9. The number of anilines is 1. The SMILES string of the molecule is CCOc1ccc(N2C(=O)[C@H]3[C@@H](C2=O)[C@@](Cc2ccccc2)(C(=O)O)N[C@H]3c2ccc(F)cc2)cc1. The highest BCUT2D eigenvalue weighted by Crippen LogP contribution is 2.51. The molecule has 2 saturated heterocycles. The van der Waals surface area contributed by atoms with Crippen molar-refractivity contribution in [3.05, 3.63) is 95.8 Å². The Labute approximate surface area is 207 Å². The normalized spacial score (nSPS) is 25.2. The number of nitrogens with zero attached hydrogens (tertiary/aromatic N) is 1. The lowest BCUT2D eigenvalue weighted by atomic mass is 9.76. The van der Waals surface area contributed by atoms with Crippen LogP contribution in [0.15, 0.2) is 78.9 Å². The van der Waals surface area contributed by atoms with Crippen molar-refractivity contribution < 1.29 is 28.6 Å². The lowest BCUT2D eigenvalue weighted by molar-refractivity contribution is -0.148. The number of carboxylic acid groups (broad SMARTS) is 1. The highest BCUT2D eigenvalue weighted by Gasteiger charge is 2.68. The van der Waals surface area contributed by atoms with Crippen molar-refractivity contribution in [2.45, 2.75) is 24.9 Å². The standard InChI is InChI=1S/C28H25FN2O5/c1-2-36-21-14-12-20(13-15-21)31-25(32)22-23(26(31)33)28(27(34)35,16-17-6-4-3-5-7-17)30-24(22)18-8-10-19(29)11-9-18/h3-15,22-24,30H,2,16H2,1H3,(H,34,35)/t22-,23-,24-,28-/m0/s1. The molecule has 2 aliphatic heterocycles. The minimum Gasteiger partial charge on any atom is -0.494 e. The summed E-state index contributed by atoms with van der Waals surface area (Å²) in [4.78, 5) is 41.6. The molecule has 0 saturated carbocycles. The molecular formula is C28H25FN2O5. The summed E-state index contributed by atoms with van der Waals surface area (Å²) in [5.74, 6) is -4.29. The van der Waals surface area contributed by atoms with E-state index in [1.165, 1.54) is 24.3 Å². The second kappa shape index (κ2) is 9.20. The van der Waals surface area contributed by atoms with E-state index in [1.807, 2.05) is 13.0 Å². The van der Waals surface area contributed by atoms with Gasteiger partial charge in [-0.05, 0) is 54.4 Å². The summed E-state index contributed by atoms with van der Waals surface area (Å²) in [6, 6.07) is 20.3. The number of halogens is 1. The molecule has 5 rings (SSSR count). The number of hydrogen-bond acceptors (Lipinski definition) is 5. The van der Waals surface area contributed by atoms with Gasteiger partial charge >= 0.3 is 5.97 Å². The van der Waals surface area contributed by atoms with E-state index in [0.29, 0.717) is 29.2 Å². The van der Waals surface area contributed by atoms with Crippen LogP contribution in [-0.2, 0) is 20.8 Å². The molecule has 7 nitrogen and oxygen atoms in total. The zero-order chi connectivity index (χ0) is 25.4. The molecule has 0 bridgehead atoms. The van der Waals surface area contributed by atoms with Gasteiger partial charge in [-0.2, -0.15) is 0 Å². The maximum absolute atomic E-state index is 13.9. The van der Waals surface area contributed by atoms with E-state index in [0.717, 1.165) is 4.90 Å². The molecular weight excluding hydrogens is 463 g/mol. The topological polar surface area (TPSA) is 95.9 Å². The molecule has 0 unspecified atom stereocenters. The fraction of sp³-hybridized carbons (Fsp3) is 0.250. The summed E-state index contributed by atoms with van der Waals surface area (Å²) in [6.45, 7) is 2.32. The minimum absolute atomic E-state index is 0.00181. The molecule has 0 spiro atoms. The first kappa shape index (κ1) is 23.7. The zero-order valence-electron chi connectivity index (χ0n) is 19.6. The van der Waals surface area contributed by atoms with Crippen molar-refractivity contribution in [3.8, 4) is 5.75 Å². The maximum Gasteiger partial charge on any atom is 0.325 e. The molecule has 2 aliphatic rings. The number of carboxylic acids is 1. The van der Waals surface area contributed by atoms with Gasteiger partial charge in [-0.25, -0.2) is 9.29 Å². The molecule has 2 heterocycles. The number of amides is 2. The second-order valence-electron chi connectivity index (χ2n) is 9.05. The predicted octanol–water partition coefficient (Wildman–Crippen LogP) is 3.74. The summed E-state index contributed by atoms with van der Waals surface area (Å²) < 4.78 is 19.1. The summed E-state index contributed by atoms with van der Waals surface area (Å²) in [6.07, 6.45) is -0.00181. The molecule has 0 aliphatic carbocycles. The summed E-state index contributed by atoms with van der Waals surface area (Å²) in [5, 5.41) is 13.7. The van der Waals surface area contributed by atoms with Crippen LogP contribution in [0, 0.1) is 17.7 Å².